The Bertz CT molecular complexity index is 1110. The van der Waals surface area contributed by atoms with Gasteiger partial charge in [0.15, 0.2) is 0 Å². The van der Waals surface area contributed by atoms with Crippen LogP contribution in [0.4, 0.5) is 0 Å². The number of benzene rings is 3. The van der Waals surface area contributed by atoms with Crippen molar-refractivity contribution in [3.05, 3.63) is 78.4 Å². The van der Waals surface area contributed by atoms with Crippen molar-refractivity contribution in [3.8, 4) is 16.9 Å². The van der Waals surface area contributed by atoms with E-state index in [9.17, 15) is 14.7 Å². The van der Waals surface area contributed by atoms with Gasteiger partial charge in [0.1, 0.15) is 5.75 Å². The molecule has 3 aromatic rings. The van der Waals surface area contributed by atoms with Crippen LogP contribution in [0.2, 0.25) is 0 Å². The Morgan fingerprint density at radius 3 is 2.34 bits per heavy atom. The fourth-order valence-corrected chi connectivity index (χ4v) is 3.86. The maximum atomic E-state index is 12.8. The Morgan fingerprint density at radius 1 is 0.897 bits per heavy atom. The van der Waals surface area contributed by atoms with Crippen molar-refractivity contribution in [1.82, 2.24) is 0 Å². The van der Waals surface area contributed by atoms with Gasteiger partial charge >= 0.3 is 11.9 Å². The molecular formula is C25H22O4. The molecule has 0 bridgehead atoms. The molecule has 1 N–H and O–H groups in total. The Hall–Kier alpha value is -3.40. The predicted molar refractivity (Wildman–Crippen MR) is 113 cm³/mol. The van der Waals surface area contributed by atoms with E-state index in [0.717, 1.165) is 29.2 Å². The first kappa shape index (κ1) is 18.9. The van der Waals surface area contributed by atoms with E-state index >= 15 is 0 Å². The van der Waals surface area contributed by atoms with Gasteiger partial charge in [-0.15, -0.1) is 0 Å². The summed E-state index contributed by atoms with van der Waals surface area (Å²) in [5, 5.41) is 11.2. The zero-order chi connectivity index (χ0) is 20.4. The van der Waals surface area contributed by atoms with Gasteiger partial charge in [0.25, 0.3) is 0 Å². The number of rotatable bonds is 4. The quantitative estimate of drug-likeness (QED) is 0.354. The standard InChI is InChI=1S/C25H22O4/c1-16-12-14-18(15-13-16)25(28)29-22-11-5-7-17-6-4-10-20(23(17)22)19-8-2-3-9-21(19)24(26)27/h2-12,14,16,18H,13,15H2,1H3,(H,26,27). The molecule has 0 radical (unpaired) electrons. The Labute approximate surface area is 169 Å². The van der Waals surface area contributed by atoms with Gasteiger partial charge in [-0.3, -0.25) is 4.79 Å². The van der Waals surface area contributed by atoms with Crippen molar-refractivity contribution >= 4 is 22.7 Å². The first-order valence-corrected chi connectivity index (χ1v) is 9.79. The topological polar surface area (TPSA) is 63.6 Å². The monoisotopic (exact) mass is 386 g/mol. The van der Waals surface area contributed by atoms with Gasteiger partial charge in [0.05, 0.1) is 11.5 Å². The number of carboxylic acid groups (broad SMARTS) is 1. The fourth-order valence-electron chi connectivity index (χ4n) is 3.86. The minimum Gasteiger partial charge on any atom is -0.478 e. The number of allylic oxidation sites excluding steroid dienone is 1. The highest BCUT2D eigenvalue weighted by Crippen LogP contribution is 2.37. The average molecular weight is 386 g/mol. The lowest BCUT2D eigenvalue weighted by molar-refractivity contribution is -0.137. The van der Waals surface area contributed by atoms with Crippen LogP contribution in [0.1, 0.15) is 30.1 Å². The van der Waals surface area contributed by atoms with E-state index in [4.69, 9.17) is 4.74 Å². The highest BCUT2D eigenvalue weighted by atomic mass is 16.5. The Morgan fingerprint density at radius 2 is 1.62 bits per heavy atom. The number of esters is 1. The van der Waals surface area contributed by atoms with Crippen LogP contribution in [0.5, 0.6) is 5.75 Å². The number of fused-ring (bicyclic) bond motifs is 1. The van der Waals surface area contributed by atoms with E-state index in [-0.39, 0.29) is 17.5 Å². The van der Waals surface area contributed by atoms with Crippen molar-refractivity contribution in [2.45, 2.75) is 19.8 Å². The second-order valence-corrected chi connectivity index (χ2v) is 7.48. The van der Waals surface area contributed by atoms with Gasteiger partial charge in [0.2, 0.25) is 0 Å². The summed E-state index contributed by atoms with van der Waals surface area (Å²) in [7, 11) is 0. The smallest absolute Gasteiger partial charge is 0.336 e. The van der Waals surface area contributed by atoms with Crippen molar-refractivity contribution in [2.24, 2.45) is 11.8 Å². The fraction of sp³-hybridized carbons (Fsp3) is 0.200. The van der Waals surface area contributed by atoms with E-state index in [1.165, 1.54) is 0 Å². The van der Waals surface area contributed by atoms with Gasteiger partial charge in [-0.05, 0) is 47.4 Å². The summed E-state index contributed by atoms with van der Waals surface area (Å²) < 4.78 is 5.83. The minimum absolute atomic E-state index is 0.213. The first-order chi connectivity index (χ1) is 14.0. The summed E-state index contributed by atoms with van der Waals surface area (Å²) in [6.07, 6.45) is 5.73. The number of ether oxygens (including phenoxy) is 1. The number of aromatic carboxylic acids is 1. The predicted octanol–water partition coefficient (Wildman–Crippen LogP) is 5.71. The molecule has 0 aliphatic heterocycles. The van der Waals surface area contributed by atoms with Gasteiger partial charge in [-0.2, -0.15) is 0 Å². The summed E-state index contributed by atoms with van der Waals surface area (Å²) in [5.41, 5.74) is 1.54. The lowest BCUT2D eigenvalue weighted by atomic mass is 9.90. The van der Waals surface area contributed by atoms with Gasteiger partial charge in [-0.1, -0.05) is 67.6 Å². The maximum absolute atomic E-state index is 12.8. The van der Waals surface area contributed by atoms with Crippen molar-refractivity contribution in [3.63, 3.8) is 0 Å². The molecule has 0 saturated heterocycles. The molecule has 146 valence electrons. The lowest BCUT2D eigenvalue weighted by Gasteiger charge is -2.20. The number of hydrogen-bond acceptors (Lipinski definition) is 3. The van der Waals surface area contributed by atoms with E-state index in [1.807, 2.05) is 42.5 Å². The van der Waals surface area contributed by atoms with Gasteiger partial charge in [0, 0.05) is 5.39 Å². The molecule has 2 atom stereocenters. The van der Waals surface area contributed by atoms with Crippen LogP contribution in [0.15, 0.2) is 72.8 Å². The zero-order valence-corrected chi connectivity index (χ0v) is 16.2. The van der Waals surface area contributed by atoms with E-state index in [2.05, 4.69) is 13.0 Å². The highest BCUT2D eigenvalue weighted by Gasteiger charge is 2.23. The molecule has 0 aromatic heterocycles. The third kappa shape index (κ3) is 3.79. The Kier molecular flexibility index (Phi) is 5.17. The summed E-state index contributed by atoms with van der Waals surface area (Å²) in [5.74, 6) is -0.582. The molecular weight excluding hydrogens is 364 g/mol. The third-order valence-electron chi connectivity index (χ3n) is 5.43. The zero-order valence-electron chi connectivity index (χ0n) is 16.2. The van der Waals surface area contributed by atoms with E-state index in [0.29, 0.717) is 17.2 Å². The van der Waals surface area contributed by atoms with Crippen LogP contribution in [-0.4, -0.2) is 17.0 Å². The van der Waals surface area contributed by atoms with Crippen LogP contribution >= 0.6 is 0 Å². The summed E-state index contributed by atoms with van der Waals surface area (Å²) in [4.78, 5) is 24.5. The minimum atomic E-state index is -0.992. The molecule has 2 unspecified atom stereocenters. The third-order valence-corrected chi connectivity index (χ3v) is 5.43. The largest absolute Gasteiger partial charge is 0.478 e. The molecule has 3 aromatic carbocycles. The number of carboxylic acids is 1. The molecule has 4 nitrogen and oxygen atoms in total. The first-order valence-electron chi connectivity index (χ1n) is 9.79. The van der Waals surface area contributed by atoms with E-state index in [1.54, 1.807) is 24.3 Å². The molecule has 1 aliphatic carbocycles. The van der Waals surface area contributed by atoms with Crippen molar-refractivity contribution in [2.75, 3.05) is 0 Å². The molecule has 29 heavy (non-hydrogen) atoms. The van der Waals surface area contributed by atoms with Crippen LogP contribution in [0.3, 0.4) is 0 Å². The molecule has 1 aliphatic rings. The number of carbonyl (C=O) groups excluding carboxylic acids is 1. The molecule has 0 saturated carbocycles. The number of hydrogen-bond donors (Lipinski definition) is 1. The average Bonchev–Trinajstić information content (AvgIpc) is 2.74. The van der Waals surface area contributed by atoms with E-state index < -0.39 is 5.97 Å². The second kappa shape index (κ2) is 7.92. The number of carbonyl (C=O) groups is 2. The summed E-state index contributed by atoms with van der Waals surface area (Å²) in [6, 6.07) is 18.1. The molecule has 0 amide bonds. The van der Waals surface area contributed by atoms with Crippen LogP contribution in [-0.2, 0) is 4.79 Å². The second-order valence-electron chi connectivity index (χ2n) is 7.48. The Balaban J connectivity index is 1.80. The molecule has 4 heteroatoms. The molecule has 0 fully saturated rings. The SMILES string of the molecule is CC1C=CC(C(=O)Oc2cccc3cccc(-c4ccccc4C(=O)O)c23)CC1. The summed E-state index contributed by atoms with van der Waals surface area (Å²) >= 11 is 0. The normalized spacial score (nSPS) is 18.5. The van der Waals surface area contributed by atoms with Crippen LogP contribution < -0.4 is 4.74 Å². The molecule has 0 spiro atoms. The van der Waals surface area contributed by atoms with Crippen molar-refractivity contribution < 1.29 is 19.4 Å². The van der Waals surface area contributed by atoms with Crippen LogP contribution in [0.25, 0.3) is 21.9 Å². The molecule has 0 heterocycles. The van der Waals surface area contributed by atoms with Crippen LogP contribution in [0, 0.1) is 11.8 Å². The molecule has 4 rings (SSSR count). The lowest BCUT2D eigenvalue weighted by Crippen LogP contribution is -2.21. The van der Waals surface area contributed by atoms with Gasteiger partial charge < -0.3 is 9.84 Å². The van der Waals surface area contributed by atoms with Gasteiger partial charge in [-0.25, -0.2) is 4.79 Å². The maximum Gasteiger partial charge on any atom is 0.336 e. The summed E-state index contributed by atoms with van der Waals surface area (Å²) in [6.45, 7) is 2.13. The highest BCUT2D eigenvalue weighted by molar-refractivity contribution is 6.06. The van der Waals surface area contributed by atoms with Crippen molar-refractivity contribution in [1.29, 1.82) is 0 Å².